The Morgan fingerprint density at radius 1 is 0.939 bits per heavy atom. The van der Waals surface area contributed by atoms with Gasteiger partial charge < -0.3 is 30.0 Å². The Hall–Kier alpha value is -4.30. The number of amides is 2. The number of hydrogen-bond acceptors (Lipinski definition) is 6. The molecule has 2 amide bonds. The number of aromatic carboxylic acids is 1. The first-order valence-electron chi connectivity index (χ1n) is 9.71. The van der Waals surface area contributed by atoms with E-state index in [1.54, 1.807) is 36.4 Å². The highest BCUT2D eigenvalue weighted by atomic mass is 35.5. The molecule has 33 heavy (non-hydrogen) atoms. The molecule has 0 atom stereocenters. The van der Waals surface area contributed by atoms with E-state index in [2.05, 4.69) is 10.6 Å². The summed E-state index contributed by atoms with van der Waals surface area (Å²) in [6, 6.07) is 17.0. The SMILES string of the molecule is O=C(Nc1cccc(C(=O)[O-])c1)/C(=C\c1ccc2c(c1)OCO2)NC(=O)c1ccccc1Cl. The Morgan fingerprint density at radius 3 is 2.52 bits per heavy atom. The van der Waals surface area contributed by atoms with Gasteiger partial charge >= 0.3 is 0 Å². The van der Waals surface area contributed by atoms with Gasteiger partial charge in [-0.3, -0.25) is 9.59 Å². The first-order chi connectivity index (χ1) is 15.9. The number of halogens is 1. The average Bonchev–Trinajstić information content (AvgIpc) is 3.27. The average molecular weight is 464 g/mol. The second-order valence-electron chi connectivity index (χ2n) is 6.93. The molecule has 0 saturated carbocycles. The number of hydrogen-bond donors (Lipinski definition) is 2. The molecule has 3 aromatic carbocycles. The van der Waals surface area contributed by atoms with Crippen molar-refractivity contribution in [3.05, 3.63) is 94.1 Å². The van der Waals surface area contributed by atoms with Gasteiger partial charge in [0.05, 0.1) is 16.6 Å². The van der Waals surface area contributed by atoms with Crippen LogP contribution in [0.2, 0.25) is 5.02 Å². The highest BCUT2D eigenvalue weighted by Gasteiger charge is 2.18. The van der Waals surface area contributed by atoms with Crippen LogP contribution in [-0.4, -0.2) is 24.6 Å². The van der Waals surface area contributed by atoms with Crippen LogP contribution in [0.25, 0.3) is 6.08 Å². The second-order valence-corrected chi connectivity index (χ2v) is 7.33. The molecular formula is C24H16ClN2O6-. The van der Waals surface area contributed by atoms with E-state index in [0.717, 1.165) is 0 Å². The van der Waals surface area contributed by atoms with Crippen molar-refractivity contribution in [3.63, 3.8) is 0 Å². The summed E-state index contributed by atoms with van der Waals surface area (Å²) in [5.74, 6) is -1.58. The monoisotopic (exact) mass is 463 g/mol. The van der Waals surface area contributed by atoms with E-state index >= 15 is 0 Å². The van der Waals surface area contributed by atoms with E-state index in [0.29, 0.717) is 17.1 Å². The largest absolute Gasteiger partial charge is 0.545 e. The summed E-state index contributed by atoms with van der Waals surface area (Å²) in [6.45, 7) is 0.0911. The maximum absolute atomic E-state index is 13.0. The minimum absolute atomic E-state index is 0.0911. The lowest BCUT2D eigenvalue weighted by Crippen LogP contribution is -2.31. The van der Waals surface area contributed by atoms with Gasteiger partial charge in [0.15, 0.2) is 11.5 Å². The number of carboxylic acid groups (broad SMARTS) is 1. The lowest BCUT2D eigenvalue weighted by Gasteiger charge is -2.13. The van der Waals surface area contributed by atoms with Gasteiger partial charge in [0.1, 0.15) is 5.70 Å². The van der Waals surface area contributed by atoms with Crippen molar-refractivity contribution in [1.29, 1.82) is 0 Å². The minimum Gasteiger partial charge on any atom is -0.545 e. The predicted molar refractivity (Wildman–Crippen MR) is 119 cm³/mol. The molecule has 0 radical (unpaired) electrons. The molecule has 1 heterocycles. The number of carbonyl (C=O) groups excluding carboxylic acids is 3. The molecule has 166 valence electrons. The molecule has 9 heteroatoms. The van der Waals surface area contributed by atoms with Crippen LogP contribution >= 0.6 is 11.6 Å². The van der Waals surface area contributed by atoms with E-state index in [1.165, 1.54) is 36.4 Å². The molecule has 0 saturated heterocycles. The molecule has 0 aliphatic carbocycles. The van der Waals surface area contributed by atoms with Crippen LogP contribution < -0.4 is 25.2 Å². The number of rotatable bonds is 6. The fraction of sp³-hybridized carbons (Fsp3) is 0.0417. The Morgan fingerprint density at radius 2 is 1.73 bits per heavy atom. The van der Waals surface area contributed by atoms with Crippen LogP contribution in [0, 0.1) is 0 Å². The lowest BCUT2D eigenvalue weighted by molar-refractivity contribution is -0.255. The van der Waals surface area contributed by atoms with Crippen molar-refractivity contribution in [3.8, 4) is 11.5 Å². The molecule has 0 spiro atoms. The standard InChI is InChI=1S/C24H17ClN2O6/c25-18-7-2-1-6-17(18)22(28)27-19(10-14-8-9-20-21(11-14)33-13-32-20)23(29)26-16-5-3-4-15(12-16)24(30)31/h1-12H,13H2,(H,26,29)(H,27,28)(H,30,31)/p-1/b19-10+. The van der Waals surface area contributed by atoms with Gasteiger partial charge in [0.25, 0.3) is 11.8 Å². The summed E-state index contributed by atoms with van der Waals surface area (Å²) >= 11 is 6.11. The number of nitrogens with one attached hydrogen (secondary N) is 2. The minimum atomic E-state index is -1.38. The number of fused-ring (bicyclic) bond motifs is 1. The summed E-state index contributed by atoms with van der Waals surface area (Å²) in [7, 11) is 0. The van der Waals surface area contributed by atoms with Gasteiger partial charge in [0.2, 0.25) is 6.79 Å². The normalized spacial score (nSPS) is 12.2. The third kappa shape index (κ3) is 5.13. The van der Waals surface area contributed by atoms with Crippen molar-refractivity contribution in [2.45, 2.75) is 0 Å². The highest BCUT2D eigenvalue weighted by molar-refractivity contribution is 6.34. The Labute approximate surface area is 193 Å². The summed E-state index contributed by atoms with van der Waals surface area (Å²) in [4.78, 5) is 37.0. The molecule has 3 aromatic rings. The van der Waals surface area contributed by atoms with Crippen LogP contribution in [-0.2, 0) is 4.79 Å². The first-order valence-corrected chi connectivity index (χ1v) is 10.1. The zero-order valence-corrected chi connectivity index (χ0v) is 17.7. The zero-order chi connectivity index (χ0) is 23.4. The van der Waals surface area contributed by atoms with Crippen molar-refractivity contribution in [2.75, 3.05) is 12.1 Å². The van der Waals surface area contributed by atoms with Crippen LogP contribution in [0.15, 0.2) is 72.4 Å². The molecule has 1 aliphatic rings. The van der Waals surface area contributed by atoms with E-state index < -0.39 is 17.8 Å². The van der Waals surface area contributed by atoms with E-state index in [9.17, 15) is 19.5 Å². The summed E-state index contributed by atoms with van der Waals surface area (Å²) < 4.78 is 10.7. The Bertz CT molecular complexity index is 1290. The topological polar surface area (TPSA) is 117 Å². The highest BCUT2D eigenvalue weighted by Crippen LogP contribution is 2.33. The number of carbonyl (C=O) groups is 3. The lowest BCUT2D eigenvalue weighted by atomic mass is 10.1. The number of anilines is 1. The Balaban J connectivity index is 1.65. The van der Waals surface area contributed by atoms with Crippen LogP contribution in [0.1, 0.15) is 26.3 Å². The molecule has 0 aromatic heterocycles. The van der Waals surface area contributed by atoms with Crippen molar-refractivity contribution >= 4 is 41.1 Å². The van der Waals surface area contributed by atoms with Crippen LogP contribution in [0.4, 0.5) is 5.69 Å². The molecule has 0 bridgehead atoms. The molecule has 2 N–H and O–H groups in total. The first kappa shape index (κ1) is 21.9. The van der Waals surface area contributed by atoms with E-state index in [-0.39, 0.29) is 34.3 Å². The molecule has 0 unspecified atom stereocenters. The van der Waals surface area contributed by atoms with Gasteiger partial charge in [-0.2, -0.15) is 0 Å². The fourth-order valence-electron chi connectivity index (χ4n) is 3.09. The van der Waals surface area contributed by atoms with Gasteiger partial charge in [-0.15, -0.1) is 0 Å². The predicted octanol–water partition coefficient (Wildman–Crippen LogP) is 2.84. The van der Waals surface area contributed by atoms with Crippen molar-refractivity contribution in [1.82, 2.24) is 5.32 Å². The van der Waals surface area contributed by atoms with Gasteiger partial charge in [-0.25, -0.2) is 0 Å². The van der Waals surface area contributed by atoms with Gasteiger partial charge in [0, 0.05) is 5.69 Å². The third-order valence-electron chi connectivity index (χ3n) is 4.68. The van der Waals surface area contributed by atoms with Crippen molar-refractivity contribution < 1.29 is 29.0 Å². The molecule has 8 nitrogen and oxygen atoms in total. The summed E-state index contributed by atoms with van der Waals surface area (Å²) in [5, 5.41) is 16.5. The zero-order valence-electron chi connectivity index (χ0n) is 17.0. The molecular weight excluding hydrogens is 448 g/mol. The van der Waals surface area contributed by atoms with Gasteiger partial charge in [-0.1, -0.05) is 41.9 Å². The van der Waals surface area contributed by atoms with Crippen LogP contribution in [0.3, 0.4) is 0 Å². The number of ether oxygens (including phenoxy) is 2. The maximum Gasteiger partial charge on any atom is 0.272 e. The smallest absolute Gasteiger partial charge is 0.272 e. The summed E-state index contributed by atoms with van der Waals surface area (Å²) in [6.07, 6.45) is 1.45. The number of benzene rings is 3. The summed E-state index contributed by atoms with van der Waals surface area (Å²) in [5.41, 5.74) is 0.756. The molecule has 0 fully saturated rings. The second kappa shape index (κ2) is 9.46. The molecule has 4 rings (SSSR count). The van der Waals surface area contributed by atoms with Crippen molar-refractivity contribution in [2.24, 2.45) is 0 Å². The number of carboxylic acids is 1. The quantitative estimate of drug-likeness (QED) is 0.543. The van der Waals surface area contributed by atoms with Crippen LogP contribution in [0.5, 0.6) is 11.5 Å². The van der Waals surface area contributed by atoms with E-state index in [4.69, 9.17) is 21.1 Å². The third-order valence-corrected chi connectivity index (χ3v) is 5.00. The van der Waals surface area contributed by atoms with Gasteiger partial charge in [-0.05, 0) is 53.6 Å². The van der Waals surface area contributed by atoms with E-state index in [1.807, 2.05) is 0 Å². The maximum atomic E-state index is 13.0. The molecule has 1 aliphatic heterocycles. The fourth-order valence-corrected chi connectivity index (χ4v) is 3.31. The Kier molecular flexibility index (Phi) is 6.28.